The van der Waals surface area contributed by atoms with Crippen LogP contribution in [0.5, 0.6) is 5.75 Å². The minimum absolute atomic E-state index is 0.00208. The maximum Gasteiger partial charge on any atom is 0.241 e. The van der Waals surface area contributed by atoms with E-state index in [4.69, 9.17) is 9.26 Å². The van der Waals surface area contributed by atoms with Gasteiger partial charge >= 0.3 is 0 Å². The van der Waals surface area contributed by atoms with Crippen LogP contribution in [0.1, 0.15) is 32.6 Å². The molecule has 168 valence electrons. The van der Waals surface area contributed by atoms with Crippen molar-refractivity contribution in [3.05, 3.63) is 58.9 Å². The van der Waals surface area contributed by atoms with Gasteiger partial charge in [-0.05, 0) is 76.2 Å². The number of nitrogens with one attached hydrogen (secondary N) is 1. The molecule has 2 heterocycles. The van der Waals surface area contributed by atoms with Crippen molar-refractivity contribution in [1.82, 2.24) is 15.0 Å². The molecule has 1 aliphatic rings. The number of rotatable bonds is 7. The average Bonchev–Trinajstić information content (AvgIpc) is 3.24. The summed E-state index contributed by atoms with van der Waals surface area (Å²) in [6.07, 6.45) is 1.72. The highest BCUT2D eigenvalue weighted by molar-refractivity contribution is 9.10. The molecule has 7 nitrogen and oxygen atoms in total. The number of piperidine rings is 1. The van der Waals surface area contributed by atoms with Gasteiger partial charge in [-0.2, -0.15) is 4.98 Å². The van der Waals surface area contributed by atoms with Gasteiger partial charge in [0.1, 0.15) is 5.75 Å². The Morgan fingerprint density at radius 1 is 1.22 bits per heavy atom. The van der Waals surface area contributed by atoms with Crippen LogP contribution < -0.4 is 10.1 Å². The number of nitrogens with zero attached hydrogens (tertiary/aromatic N) is 3. The molecule has 1 amide bonds. The first-order chi connectivity index (χ1) is 15.5. The summed E-state index contributed by atoms with van der Waals surface area (Å²) in [6.45, 7) is 6.19. The molecule has 1 saturated heterocycles. The fraction of sp³-hybridized carbons (Fsp3) is 0.375. The lowest BCUT2D eigenvalue weighted by Crippen LogP contribution is -2.37. The van der Waals surface area contributed by atoms with Gasteiger partial charge in [0.05, 0.1) is 12.6 Å². The summed E-state index contributed by atoms with van der Waals surface area (Å²) in [4.78, 5) is 19.4. The molecule has 1 fully saturated rings. The van der Waals surface area contributed by atoms with E-state index in [0.29, 0.717) is 18.3 Å². The van der Waals surface area contributed by atoms with E-state index in [1.165, 1.54) is 0 Å². The fourth-order valence-electron chi connectivity index (χ4n) is 3.74. The maximum absolute atomic E-state index is 12.7. The number of benzene rings is 2. The maximum atomic E-state index is 12.7. The number of likely N-dealkylation sites (tertiary alicyclic amines) is 1. The molecule has 1 aromatic heterocycles. The smallest absolute Gasteiger partial charge is 0.241 e. The van der Waals surface area contributed by atoms with Crippen molar-refractivity contribution in [3.8, 4) is 17.1 Å². The average molecular weight is 499 g/mol. The predicted molar refractivity (Wildman–Crippen MR) is 126 cm³/mol. The molecule has 0 aliphatic carbocycles. The topological polar surface area (TPSA) is 80.5 Å². The van der Waals surface area contributed by atoms with E-state index in [-0.39, 0.29) is 17.9 Å². The Bertz CT molecular complexity index is 1040. The quantitative estimate of drug-likeness (QED) is 0.485. The van der Waals surface area contributed by atoms with Crippen LogP contribution in [0.3, 0.4) is 0 Å². The van der Waals surface area contributed by atoms with E-state index in [1.807, 2.05) is 62.4 Å². The van der Waals surface area contributed by atoms with Gasteiger partial charge in [-0.15, -0.1) is 0 Å². The Morgan fingerprint density at radius 3 is 2.66 bits per heavy atom. The summed E-state index contributed by atoms with van der Waals surface area (Å²) in [7, 11) is 0. The Hall–Kier alpha value is -2.71. The lowest BCUT2D eigenvalue weighted by molar-refractivity contribution is -0.121. The highest BCUT2D eigenvalue weighted by Gasteiger charge is 2.26. The third kappa shape index (κ3) is 5.95. The van der Waals surface area contributed by atoms with Gasteiger partial charge in [-0.25, -0.2) is 0 Å². The van der Waals surface area contributed by atoms with Gasteiger partial charge in [-0.3, -0.25) is 9.69 Å². The monoisotopic (exact) mass is 498 g/mol. The van der Waals surface area contributed by atoms with Crippen molar-refractivity contribution in [2.24, 2.45) is 5.92 Å². The van der Waals surface area contributed by atoms with Gasteiger partial charge in [0.25, 0.3) is 0 Å². The van der Waals surface area contributed by atoms with Crippen molar-refractivity contribution in [3.63, 3.8) is 0 Å². The van der Waals surface area contributed by atoms with Gasteiger partial charge in [0, 0.05) is 21.6 Å². The molecular formula is C24H27BrN4O3. The summed E-state index contributed by atoms with van der Waals surface area (Å²) in [6, 6.07) is 15.3. The SMILES string of the molecule is CC(C)Oc1ccc(NC(=O)C2CCN(Cc3nc(-c4cccc(Br)c4)no3)CC2)cc1. The summed E-state index contributed by atoms with van der Waals surface area (Å²) in [5.41, 5.74) is 1.70. The minimum Gasteiger partial charge on any atom is -0.491 e. The first-order valence-corrected chi connectivity index (χ1v) is 11.6. The van der Waals surface area contributed by atoms with Crippen LogP contribution in [0.4, 0.5) is 5.69 Å². The van der Waals surface area contributed by atoms with Crippen LogP contribution in [0.15, 0.2) is 57.5 Å². The number of anilines is 1. The number of halogens is 1. The molecule has 4 rings (SSSR count). The first-order valence-electron chi connectivity index (χ1n) is 10.8. The molecule has 0 bridgehead atoms. The normalized spacial score (nSPS) is 15.1. The fourth-order valence-corrected chi connectivity index (χ4v) is 4.14. The summed E-state index contributed by atoms with van der Waals surface area (Å²) < 4.78 is 12.1. The van der Waals surface area contributed by atoms with Crippen LogP contribution in [0.2, 0.25) is 0 Å². The molecule has 0 radical (unpaired) electrons. The zero-order valence-corrected chi connectivity index (χ0v) is 19.8. The van der Waals surface area contributed by atoms with Gasteiger partial charge in [-0.1, -0.05) is 33.2 Å². The van der Waals surface area contributed by atoms with Crippen LogP contribution in [0, 0.1) is 5.92 Å². The molecular weight excluding hydrogens is 472 g/mol. The molecule has 0 atom stereocenters. The van der Waals surface area contributed by atoms with Gasteiger partial charge in [0.2, 0.25) is 17.6 Å². The molecule has 2 aromatic carbocycles. The number of carbonyl (C=O) groups excluding carboxylic acids is 1. The zero-order chi connectivity index (χ0) is 22.5. The highest BCUT2D eigenvalue weighted by Crippen LogP contribution is 2.24. The van der Waals surface area contributed by atoms with Crippen LogP contribution >= 0.6 is 15.9 Å². The summed E-state index contributed by atoms with van der Waals surface area (Å²) in [5, 5.41) is 7.12. The second kappa shape index (κ2) is 10.3. The third-order valence-corrected chi connectivity index (χ3v) is 5.86. The van der Waals surface area contributed by atoms with E-state index in [9.17, 15) is 4.79 Å². The largest absolute Gasteiger partial charge is 0.491 e. The van der Waals surface area contributed by atoms with E-state index >= 15 is 0 Å². The van der Waals surface area contributed by atoms with Crippen LogP contribution in [-0.4, -0.2) is 40.1 Å². The molecule has 32 heavy (non-hydrogen) atoms. The molecule has 0 unspecified atom stereocenters. The predicted octanol–water partition coefficient (Wildman–Crippen LogP) is 5.14. The number of amides is 1. The second-order valence-electron chi connectivity index (χ2n) is 8.25. The number of hydrogen-bond acceptors (Lipinski definition) is 6. The standard InChI is InChI=1S/C24H27BrN4O3/c1-16(2)31-21-8-6-20(7-9-21)26-24(30)17-10-12-29(13-11-17)15-22-27-23(28-32-22)18-4-3-5-19(25)14-18/h3-9,14,16-17H,10-13,15H2,1-2H3,(H,26,30). The Balaban J connectivity index is 1.26. The minimum atomic E-state index is -0.00208. The molecule has 8 heteroatoms. The second-order valence-corrected chi connectivity index (χ2v) is 9.17. The number of carbonyl (C=O) groups is 1. The first kappa shape index (κ1) is 22.5. The van der Waals surface area contributed by atoms with Crippen LogP contribution in [0.25, 0.3) is 11.4 Å². The Morgan fingerprint density at radius 2 is 1.97 bits per heavy atom. The molecule has 0 spiro atoms. The number of ether oxygens (including phenoxy) is 1. The number of aromatic nitrogens is 2. The van der Waals surface area contributed by atoms with E-state index in [2.05, 4.69) is 36.3 Å². The Kier molecular flexibility index (Phi) is 7.22. The van der Waals surface area contributed by atoms with Crippen LogP contribution in [-0.2, 0) is 11.3 Å². The van der Waals surface area contributed by atoms with E-state index in [1.54, 1.807) is 0 Å². The van der Waals surface area contributed by atoms with E-state index < -0.39 is 0 Å². The van der Waals surface area contributed by atoms with Crippen molar-refractivity contribution in [2.45, 2.75) is 39.3 Å². The van der Waals surface area contributed by atoms with Crippen molar-refractivity contribution < 1.29 is 14.1 Å². The molecule has 1 aliphatic heterocycles. The Labute approximate surface area is 196 Å². The lowest BCUT2D eigenvalue weighted by atomic mass is 9.96. The molecule has 0 saturated carbocycles. The molecule has 1 N–H and O–H groups in total. The van der Waals surface area contributed by atoms with E-state index in [0.717, 1.165) is 47.4 Å². The highest BCUT2D eigenvalue weighted by atomic mass is 79.9. The van der Waals surface area contributed by atoms with Gasteiger partial charge < -0.3 is 14.6 Å². The van der Waals surface area contributed by atoms with Crippen molar-refractivity contribution in [2.75, 3.05) is 18.4 Å². The van der Waals surface area contributed by atoms with Crippen molar-refractivity contribution >= 4 is 27.5 Å². The summed E-state index contributed by atoms with van der Waals surface area (Å²) in [5.74, 6) is 2.04. The van der Waals surface area contributed by atoms with Gasteiger partial charge in [0.15, 0.2) is 0 Å². The lowest BCUT2D eigenvalue weighted by Gasteiger charge is -2.30. The number of hydrogen-bond donors (Lipinski definition) is 1. The van der Waals surface area contributed by atoms with Crippen molar-refractivity contribution in [1.29, 1.82) is 0 Å². The molecule has 3 aromatic rings. The zero-order valence-electron chi connectivity index (χ0n) is 18.3. The summed E-state index contributed by atoms with van der Waals surface area (Å²) >= 11 is 3.46. The third-order valence-electron chi connectivity index (χ3n) is 5.36.